The summed E-state index contributed by atoms with van der Waals surface area (Å²) in [7, 11) is 0. The van der Waals surface area contributed by atoms with E-state index >= 15 is 0 Å². The van der Waals surface area contributed by atoms with E-state index in [2.05, 4.69) is 46.9 Å². The van der Waals surface area contributed by atoms with Crippen LogP contribution in [-0.2, 0) is 23.9 Å². The fraction of sp³-hybridized carbons (Fsp3) is 0.419. The minimum atomic E-state index is -1.03. The number of aromatic nitrogens is 3. The third-order valence-electron chi connectivity index (χ3n) is 11.2. The summed E-state index contributed by atoms with van der Waals surface area (Å²) >= 11 is 0. The van der Waals surface area contributed by atoms with Crippen molar-refractivity contribution in [3.05, 3.63) is 77.7 Å². The second-order valence-electron chi connectivity index (χ2n) is 15.6. The van der Waals surface area contributed by atoms with Crippen LogP contribution in [0.5, 0.6) is 0 Å². The zero-order valence-corrected chi connectivity index (χ0v) is 33.5. The van der Waals surface area contributed by atoms with Crippen LogP contribution in [0.4, 0.5) is 23.0 Å². The zero-order valence-electron chi connectivity index (χ0n) is 33.5. The molecule has 2 aliphatic carbocycles. The number of ether oxygens (including phenoxy) is 2. The van der Waals surface area contributed by atoms with Gasteiger partial charge in [0.2, 0.25) is 17.7 Å². The van der Waals surface area contributed by atoms with Crippen LogP contribution in [0.2, 0.25) is 0 Å². The predicted molar refractivity (Wildman–Crippen MR) is 223 cm³/mol. The first-order valence-corrected chi connectivity index (χ1v) is 20.8. The molecule has 5 heterocycles. The highest BCUT2D eigenvalue weighted by Gasteiger charge is 2.45. The molecule has 1 saturated heterocycles. The summed E-state index contributed by atoms with van der Waals surface area (Å²) in [6.45, 7) is 1.97. The Labute approximate surface area is 351 Å². The van der Waals surface area contributed by atoms with Crippen molar-refractivity contribution in [3.63, 3.8) is 0 Å². The maximum Gasteiger partial charge on any atom is 0.264 e. The second-order valence-corrected chi connectivity index (χ2v) is 15.6. The van der Waals surface area contributed by atoms with Gasteiger partial charge in [-0.15, -0.1) is 0 Å². The fourth-order valence-electron chi connectivity index (χ4n) is 7.83. The number of piperidine rings is 1. The number of benzene rings is 1. The third kappa shape index (κ3) is 9.92. The molecule has 6 amide bonds. The SMILES string of the molecule is O=C1CCC(N2C(=O)c3cccc(NCCOCCOCCNC(=O)C4CCC(NC(=O)c5cnc(Nc6ccc7cnccc7n6)cc5NC5CC5)CC4)c3C2=O)C(=O)N1. The number of fused-ring (bicyclic) bond motifs is 2. The molecule has 0 radical (unpaired) electrons. The highest BCUT2D eigenvalue weighted by Crippen LogP contribution is 2.33. The van der Waals surface area contributed by atoms with Gasteiger partial charge < -0.3 is 36.1 Å². The number of pyridine rings is 3. The van der Waals surface area contributed by atoms with E-state index in [1.54, 1.807) is 36.8 Å². The van der Waals surface area contributed by atoms with E-state index in [-0.39, 0.29) is 47.7 Å². The molecule has 3 fully saturated rings. The fourth-order valence-corrected chi connectivity index (χ4v) is 7.83. The number of anilines is 4. The second kappa shape index (κ2) is 18.8. The first-order valence-electron chi connectivity index (χ1n) is 20.8. The van der Waals surface area contributed by atoms with Gasteiger partial charge in [0.1, 0.15) is 17.7 Å². The lowest BCUT2D eigenvalue weighted by Crippen LogP contribution is -2.54. The highest BCUT2D eigenvalue weighted by atomic mass is 16.5. The number of carbonyl (C=O) groups excluding carboxylic acids is 6. The summed E-state index contributed by atoms with van der Waals surface area (Å²) in [6.07, 6.45) is 9.99. The van der Waals surface area contributed by atoms with E-state index in [0.29, 0.717) is 99.8 Å². The van der Waals surface area contributed by atoms with Gasteiger partial charge in [0, 0.05) is 73.2 Å². The number of nitrogens with one attached hydrogen (secondary N) is 6. The maximum atomic E-state index is 13.5. The van der Waals surface area contributed by atoms with Gasteiger partial charge in [0.05, 0.1) is 54.3 Å². The average Bonchev–Trinajstić information content (AvgIpc) is 4.05. The summed E-state index contributed by atoms with van der Waals surface area (Å²) < 4.78 is 11.3. The number of nitrogens with zero attached hydrogens (tertiary/aromatic N) is 4. The third-order valence-corrected chi connectivity index (χ3v) is 11.2. The van der Waals surface area contributed by atoms with Gasteiger partial charge in [0.15, 0.2) is 0 Å². The Balaban J connectivity index is 0.701. The van der Waals surface area contributed by atoms with E-state index in [1.807, 2.05) is 24.3 Å². The van der Waals surface area contributed by atoms with E-state index in [0.717, 1.165) is 28.6 Å². The van der Waals surface area contributed by atoms with E-state index in [9.17, 15) is 28.8 Å². The lowest BCUT2D eigenvalue weighted by molar-refractivity contribution is -0.136. The standard InChI is InChI=1S/C43H48N10O8/c54-37-13-11-34(41(57)52-37)53-42(58)29-2-1-3-32(38(29)43(53)59)45-16-18-60-20-21-61-19-17-46-39(55)25-4-7-28(8-5-25)49-40(56)30-24-47-36(22-33(30)48-27-9-10-27)51-35-12-6-26-23-44-15-14-31(26)50-35/h1-3,6,12,14-15,22-25,27-28,34,45H,4-5,7-11,13,16-21H2,(H,46,55)(H,49,56)(H,52,54,57)(H2,47,48,50,51). The first kappa shape index (κ1) is 41.2. The molecule has 318 valence electrons. The Kier molecular flexibility index (Phi) is 12.7. The first-order chi connectivity index (χ1) is 29.7. The molecule has 6 N–H and O–H groups in total. The Bertz CT molecular complexity index is 2330. The van der Waals surface area contributed by atoms with Crippen molar-refractivity contribution >= 4 is 69.4 Å². The normalized spacial score (nSPS) is 19.9. The van der Waals surface area contributed by atoms with Gasteiger partial charge in [-0.05, 0) is 75.3 Å². The summed E-state index contributed by atoms with van der Waals surface area (Å²) in [5.41, 5.74) is 2.86. The van der Waals surface area contributed by atoms with Gasteiger partial charge in [-0.3, -0.25) is 44.0 Å². The van der Waals surface area contributed by atoms with E-state index in [4.69, 9.17) is 9.47 Å². The van der Waals surface area contributed by atoms with Crippen LogP contribution in [0.1, 0.15) is 82.4 Å². The Morgan fingerprint density at radius 1 is 0.803 bits per heavy atom. The van der Waals surface area contributed by atoms with Crippen LogP contribution in [0.15, 0.2) is 61.1 Å². The molecule has 61 heavy (non-hydrogen) atoms. The van der Waals surface area contributed by atoms with Gasteiger partial charge in [-0.1, -0.05) is 6.07 Å². The van der Waals surface area contributed by atoms with Crippen LogP contribution in [0, 0.1) is 5.92 Å². The maximum absolute atomic E-state index is 13.5. The summed E-state index contributed by atoms with van der Waals surface area (Å²) in [6, 6.07) is 11.6. The number of carbonyl (C=O) groups is 6. The summed E-state index contributed by atoms with van der Waals surface area (Å²) in [4.78, 5) is 90.8. The minimum absolute atomic E-state index is 0.0238. The molecule has 8 rings (SSSR count). The van der Waals surface area contributed by atoms with E-state index in [1.165, 1.54) is 0 Å². The molecule has 0 bridgehead atoms. The van der Waals surface area contributed by atoms with Crippen LogP contribution in [-0.4, -0.2) is 113 Å². The largest absolute Gasteiger partial charge is 0.382 e. The molecule has 4 aliphatic rings. The molecule has 2 saturated carbocycles. The topological polar surface area (TPSA) is 235 Å². The Morgan fingerprint density at radius 3 is 2.38 bits per heavy atom. The van der Waals surface area contributed by atoms with Crippen molar-refractivity contribution < 1.29 is 38.2 Å². The van der Waals surface area contributed by atoms with Crippen LogP contribution in [0.25, 0.3) is 10.9 Å². The van der Waals surface area contributed by atoms with Crippen molar-refractivity contribution in [2.75, 3.05) is 55.5 Å². The molecule has 18 nitrogen and oxygen atoms in total. The molecule has 4 aromatic rings. The average molecular weight is 833 g/mol. The van der Waals surface area contributed by atoms with Crippen molar-refractivity contribution in [2.45, 2.75) is 69.5 Å². The zero-order chi connectivity index (χ0) is 42.3. The Hall–Kier alpha value is -6.53. The lowest BCUT2D eigenvalue weighted by atomic mass is 9.85. The van der Waals surface area contributed by atoms with Crippen LogP contribution >= 0.6 is 0 Å². The number of imide groups is 2. The monoisotopic (exact) mass is 832 g/mol. The summed E-state index contributed by atoms with van der Waals surface area (Å²) in [5, 5.41) is 19.1. The number of rotatable bonds is 18. The number of amides is 6. The van der Waals surface area contributed by atoms with Gasteiger partial charge >= 0.3 is 0 Å². The van der Waals surface area contributed by atoms with Crippen LogP contribution in [0.3, 0.4) is 0 Å². The number of hydrogen-bond acceptors (Lipinski definition) is 14. The van der Waals surface area contributed by atoms with Gasteiger partial charge in [0.25, 0.3) is 17.7 Å². The van der Waals surface area contributed by atoms with E-state index < -0.39 is 29.7 Å². The predicted octanol–water partition coefficient (Wildman–Crippen LogP) is 3.29. The van der Waals surface area contributed by atoms with Crippen LogP contribution < -0.4 is 31.9 Å². The molecule has 1 aromatic carbocycles. The number of hydrogen-bond donors (Lipinski definition) is 6. The molecule has 1 unspecified atom stereocenters. The van der Waals surface area contributed by atoms with Crippen molar-refractivity contribution in [3.8, 4) is 0 Å². The lowest BCUT2D eigenvalue weighted by Gasteiger charge is -2.28. The van der Waals surface area contributed by atoms with Gasteiger partial charge in [-0.25, -0.2) is 9.97 Å². The Morgan fingerprint density at radius 2 is 1.59 bits per heavy atom. The van der Waals surface area contributed by atoms with Crippen molar-refractivity contribution in [1.29, 1.82) is 0 Å². The highest BCUT2D eigenvalue weighted by molar-refractivity contribution is 6.25. The molecule has 0 spiro atoms. The molecule has 18 heteroatoms. The molecular formula is C43H48N10O8. The molecular weight excluding hydrogens is 785 g/mol. The minimum Gasteiger partial charge on any atom is -0.382 e. The molecule has 2 aliphatic heterocycles. The van der Waals surface area contributed by atoms with Crippen molar-refractivity contribution in [1.82, 2.24) is 35.8 Å². The molecule has 3 aromatic heterocycles. The summed E-state index contributed by atoms with van der Waals surface area (Å²) in [5.74, 6) is -1.37. The molecule has 1 atom stereocenters. The quantitative estimate of drug-likeness (QED) is 0.0624. The van der Waals surface area contributed by atoms with Gasteiger partial charge in [-0.2, -0.15) is 0 Å². The van der Waals surface area contributed by atoms with Crippen molar-refractivity contribution in [2.24, 2.45) is 5.92 Å². The smallest absolute Gasteiger partial charge is 0.264 e.